The van der Waals surface area contributed by atoms with Gasteiger partial charge in [-0.2, -0.15) is 8.42 Å². The molecule has 2 aromatic heterocycles. The minimum atomic E-state index is -4.64. The average Bonchev–Trinajstić information content (AvgIpc) is 3.67. The summed E-state index contributed by atoms with van der Waals surface area (Å²) in [4.78, 5) is 36.9. The zero-order chi connectivity index (χ0) is 28.4. The number of aliphatic hydroxyl groups is 2. The van der Waals surface area contributed by atoms with Crippen molar-refractivity contribution in [2.24, 2.45) is 5.10 Å². The molecule has 19 heteroatoms. The van der Waals surface area contributed by atoms with Crippen molar-refractivity contribution >= 4 is 44.8 Å². The van der Waals surface area contributed by atoms with Crippen LogP contribution in [0.1, 0.15) is 35.0 Å². The molecule has 1 saturated heterocycles. The number of fused-ring (bicyclic) bond motifs is 1. The third-order valence-corrected chi connectivity index (χ3v) is 7.02. The van der Waals surface area contributed by atoms with Crippen molar-refractivity contribution in [3.63, 3.8) is 0 Å². The maximum Gasteiger partial charge on any atom is 0.362 e. The number of nitrogens with one attached hydrogen (secondary N) is 4. The van der Waals surface area contributed by atoms with Crippen molar-refractivity contribution in [3.8, 4) is 0 Å². The van der Waals surface area contributed by atoms with Crippen LogP contribution in [-0.4, -0.2) is 80.6 Å². The standard InChI is InChI=1S/C21H24N10O8S/c22-18-15-20(24-8-23-18)31(9-25-15)21-17(35)16(34)13(39-21)7-38-40(36,37)28-14(33)6-5-12(32)10-3-1-2-4-11(10)19-26-29-30-27-19/h1-4,8-9,13,16-17,21,29-30,34-35H,5-7H2,(H,26,27)(H,28,33)(H2,22,23,24)/t13-,16-,17-,21-/m1/s1. The summed E-state index contributed by atoms with van der Waals surface area (Å²) >= 11 is 0. The van der Waals surface area contributed by atoms with Crippen LogP contribution in [0.15, 0.2) is 42.0 Å². The Labute approximate surface area is 225 Å². The van der Waals surface area contributed by atoms with E-state index in [1.165, 1.54) is 17.2 Å². The number of hydrogen-bond acceptors (Lipinski definition) is 16. The number of ketones is 1. The molecule has 18 nitrogen and oxygen atoms in total. The first-order valence-electron chi connectivity index (χ1n) is 11.8. The Morgan fingerprint density at radius 3 is 2.73 bits per heavy atom. The van der Waals surface area contributed by atoms with E-state index in [9.17, 15) is 28.2 Å². The third-order valence-electron chi connectivity index (χ3n) is 6.09. The molecule has 0 bridgehead atoms. The molecule has 4 atom stereocenters. The Kier molecular flexibility index (Phi) is 7.56. The summed E-state index contributed by atoms with van der Waals surface area (Å²) in [6, 6.07) is 6.57. The Morgan fingerprint density at radius 1 is 1.15 bits per heavy atom. The first-order chi connectivity index (χ1) is 19.1. The fraction of sp³-hybridized carbons (Fsp3) is 0.333. The number of anilines is 1. The van der Waals surface area contributed by atoms with Gasteiger partial charge in [0.1, 0.15) is 30.2 Å². The summed E-state index contributed by atoms with van der Waals surface area (Å²) in [5.74, 6) is -0.939. The number of aliphatic hydroxyl groups excluding tert-OH is 2. The Bertz CT molecular complexity index is 1580. The molecule has 2 aliphatic heterocycles. The van der Waals surface area contributed by atoms with Gasteiger partial charge in [-0.15, -0.1) is 10.6 Å². The van der Waals surface area contributed by atoms with Gasteiger partial charge in [0, 0.05) is 24.0 Å². The zero-order valence-electron chi connectivity index (χ0n) is 20.5. The normalized spacial score (nSPS) is 22.5. The quantitative estimate of drug-likeness (QED) is 0.122. The number of hydrazone groups is 1. The van der Waals surface area contributed by atoms with Gasteiger partial charge >= 0.3 is 10.3 Å². The minimum absolute atomic E-state index is 0.0965. The van der Waals surface area contributed by atoms with Crippen molar-refractivity contribution in [2.75, 3.05) is 12.3 Å². The van der Waals surface area contributed by atoms with Gasteiger partial charge in [-0.25, -0.2) is 25.2 Å². The van der Waals surface area contributed by atoms with Gasteiger partial charge in [-0.1, -0.05) is 24.3 Å². The average molecular weight is 577 g/mol. The molecule has 8 N–H and O–H groups in total. The number of hydrogen-bond donors (Lipinski definition) is 7. The van der Waals surface area contributed by atoms with Crippen LogP contribution in [0.2, 0.25) is 0 Å². The largest absolute Gasteiger partial charge is 0.387 e. The van der Waals surface area contributed by atoms with E-state index in [1.54, 1.807) is 29.0 Å². The lowest BCUT2D eigenvalue weighted by Gasteiger charge is -2.16. The molecular formula is C21H24N10O8S. The number of Topliss-reactive ketones (excluding diaryl/α,β-unsaturated/α-hetero) is 1. The summed E-state index contributed by atoms with van der Waals surface area (Å²) in [6.45, 7) is -0.732. The lowest BCUT2D eigenvalue weighted by molar-refractivity contribution is -0.119. The monoisotopic (exact) mass is 576 g/mol. The van der Waals surface area contributed by atoms with Crippen molar-refractivity contribution < 1.29 is 37.1 Å². The maximum atomic E-state index is 12.7. The van der Waals surface area contributed by atoms with Gasteiger partial charge in [0.15, 0.2) is 29.3 Å². The lowest BCUT2D eigenvalue weighted by atomic mass is 10.00. The molecule has 1 aromatic carbocycles. The number of rotatable bonds is 10. The van der Waals surface area contributed by atoms with Crippen molar-refractivity contribution in [1.29, 1.82) is 0 Å². The van der Waals surface area contributed by atoms with E-state index in [0.717, 1.165) is 0 Å². The van der Waals surface area contributed by atoms with Crippen LogP contribution in [0, 0.1) is 0 Å². The van der Waals surface area contributed by atoms with Gasteiger partial charge in [0.05, 0.1) is 12.9 Å². The van der Waals surface area contributed by atoms with Crippen LogP contribution in [0.3, 0.4) is 0 Å². The molecule has 0 saturated carbocycles. The van der Waals surface area contributed by atoms with Gasteiger partial charge < -0.3 is 20.7 Å². The molecule has 212 valence electrons. The molecule has 1 fully saturated rings. The van der Waals surface area contributed by atoms with Crippen LogP contribution in [-0.2, 0) is 24.0 Å². The Morgan fingerprint density at radius 2 is 1.95 bits per heavy atom. The second kappa shape index (κ2) is 11.1. The molecule has 0 unspecified atom stereocenters. The smallest absolute Gasteiger partial charge is 0.362 e. The molecular weight excluding hydrogens is 552 g/mol. The fourth-order valence-corrected chi connectivity index (χ4v) is 4.90. The van der Waals surface area contributed by atoms with E-state index < -0.39 is 59.6 Å². The van der Waals surface area contributed by atoms with Crippen LogP contribution < -0.4 is 27.0 Å². The molecule has 1 amide bonds. The van der Waals surface area contributed by atoms with Crippen LogP contribution in [0.5, 0.6) is 0 Å². The maximum absolute atomic E-state index is 12.7. The second-order valence-corrected chi connectivity index (χ2v) is 10.0. The van der Waals surface area contributed by atoms with E-state index in [-0.39, 0.29) is 29.0 Å². The number of nitrogen functional groups attached to an aromatic ring is 1. The number of amidine groups is 1. The van der Waals surface area contributed by atoms with Crippen molar-refractivity contribution in [1.82, 2.24) is 40.7 Å². The number of aromatic nitrogens is 4. The number of carbonyl (C=O) groups is 2. The highest BCUT2D eigenvalue weighted by atomic mass is 32.2. The summed E-state index contributed by atoms with van der Waals surface area (Å²) < 4.78 is 38.1. The Hall–Kier alpha value is -4.27. The molecule has 3 aromatic rings. The molecule has 40 heavy (non-hydrogen) atoms. The molecule has 0 spiro atoms. The van der Waals surface area contributed by atoms with Crippen LogP contribution in [0.25, 0.3) is 11.2 Å². The number of imidazole rings is 1. The van der Waals surface area contributed by atoms with Crippen LogP contribution >= 0.6 is 0 Å². The molecule has 2 aliphatic rings. The first-order valence-corrected chi connectivity index (χ1v) is 13.2. The van der Waals surface area contributed by atoms with Gasteiger partial charge in [0.2, 0.25) is 5.91 Å². The van der Waals surface area contributed by atoms with E-state index in [0.29, 0.717) is 11.4 Å². The van der Waals surface area contributed by atoms with E-state index in [4.69, 9.17) is 14.7 Å². The fourth-order valence-electron chi connectivity index (χ4n) is 4.15. The van der Waals surface area contributed by atoms with E-state index >= 15 is 0 Å². The second-order valence-electron chi connectivity index (χ2n) is 8.68. The summed E-state index contributed by atoms with van der Waals surface area (Å²) in [7, 11) is -4.64. The third kappa shape index (κ3) is 5.54. The number of hydrazine groups is 2. The minimum Gasteiger partial charge on any atom is -0.387 e. The van der Waals surface area contributed by atoms with Crippen LogP contribution in [0.4, 0.5) is 5.82 Å². The topological polar surface area (TPSA) is 257 Å². The predicted molar refractivity (Wildman–Crippen MR) is 135 cm³/mol. The van der Waals surface area contributed by atoms with Gasteiger partial charge in [-0.05, 0) is 0 Å². The summed E-state index contributed by atoms with van der Waals surface area (Å²) in [5.41, 5.74) is 14.8. The summed E-state index contributed by atoms with van der Waals surface area (Å²) in [6.07, 6.45) is -3.80. The number of benzene rings is 1. The first kappa shape index (κ1) is 27.3. The van der Waals surface area contributed by atoms with E-state index in [1.807, 2.05) is 0 Å². The number of amides is 1. The van der Waals surface area contributed by atoms with Gasteiger partial charge in [-0.3, -0.25) is 23.8 Å². The number of nitrogens with zero attached hydrogens (tertiary/aromatic N) is 5. The molecule has 5 rings (SSSR count). The SMILES string of the molecule is Nc1ncnc2c1ncn2[C@@H]1O[C@H](COS(=O)(=O)NC(=O)CCC(=O)c2ccccc2C2=NNNN2)[C@@H](O)[C@H]1O. The number of ether oxygens (including phenoxy) is 1. The number of carbonyl (C=O) groups excluding carboxylic acids is 2. The molecule has 0 radical (unpaired) electrons. The highest BCUT2D eigenvalue weighted by Gasteiger charge is 2.45. The van der Waals surface area contributed by atoms with Crippen molar-refractivity contribution in [2.45, 2.75) is 37.4 Å². The lowest BCUT2D eigenvalue weighted by Crippen LogP contribution is -2.38. The molecule has 0 aliphatic carbocycles. The zero-order valence-corrected chi connectivity index (χ0v) is 21.3. The predicted octanol–water partition coefficient (Wildman–Crippen LogP) is -2.66. The highest BCUT2D eigenvalue weighted by molar-refractivity contribution is 7.85. The number of nitrogens with two attached hydrogens (primary N) is 1. The molecule has 4 heterocycles. The van der Waals surface area contributed by atoms with Crippen molar-refractivity contribution in [3.05, 3.63) is 48.0 Å². The summed E-state index contributed by atoms with van der Waals surface area (Å²) in [5, 5.41) is 24.8. The highest BCUT2D eigenvalue weighted by Crippen LogP contribution is 2.32. The van der Waals surface area contributed by atoms with E-state index in [2.05, 4.69) is 36.5 Å². The van der Waals surface area contributed by atoms with Gasteiger partial charge in [0.25, 0.3) is 0 Å². The Balaban J connectivity index is 1.15.